The number of hydrogen-bond acceptors (Lipinski definition) is 4. The van der Waals surface area contributed by atoms with Crippen molar-refractivity contribution in [3.05, 3.63) is 92.6 Å². The summed E-state index contributed by atoms with van der Waals surface area (Å²) < 4.78 is 8.39. The fourth-order valence-corrected chi connectivity index (χ4v) is 5.02. The molecule has 4 nitrogen and oxygen atoms in total. The number of pyridine rings is 1. The Bertz CT molecular complexity index is 1020. The number of benzene rings is 2. The Balaban J connectivity index is 1.64. The first-order valence-corrected chi connectivity index (χ1v) is 10.3. The van der Waals surface area contributed by atoms with Crippen molar-refractivity contribution in [2.24, 2.45) is 5.10 Å². The van der Waals surface area contributed by atoms with Crippen LogP contribution in [0.25, 0.3) is 0 Å². The minimum absolute atomic E-state index is 0.121. The van der Waals surface area contributed by atoms with Gasteiger partial charge in [-0.25, -0.2) is 5.01 Å². The molecule has 0 saturated carbocycles. The molecule has 0 bridgehead atoms. The normalized spacial score (nSPS) is 20.5. The van der Waals surface area contributed by atoms with Gasteiger partial charge in [0.25, 0.3) is 0 Å². The van der Waals surface area contributed by atoms with E-state index in [1.807, 2.05) is 36.4 Å². The summed E-state index contributed by atoms with van der Waals surface area (Å²) in [6, 6.07) is 18.6. The van der Waals surface area contributed by atoms with Gasteiger partial charge < -0.3 is 4.74 Å². The monoisotopic (exact) mass is 483 g/mol. The first-order valence-electron chi connectivity index (χ1n) is 8.67. The lowest BCUT2D eigenvalue weighted by atomic mass is 9.96. The van der Waals surface area contributed by atoms with E-state index in [2.05, 4.69) is 60.1 Å². The van der Waals surface area contributed by atoms with Crippen LogP contribution in [-0.4, -0.2) is 15.7 Å². The highest BCUT2D eigenvalue weighted by molar-refractivity contribution is 9.11. The Morgan fingerprint density at radius 2 is 1.78 bits per heavy atom. The molecule has 0 saturated heterocycles. The fraction of sp³-hybridized carbons (Fsp3) is 0.143. The summed E-state index contributed by atoms with van der Waals surface area (Å²) in [5.74, 6) is 0.880. The third-order valence-corrected chi connectivity index (χ3v) is 5.95. The Hall–Kier alpha value is -2.18. The van der Waals surface area contributed by atoms with Crippen LogP contribution >= 0.6 is 31.9 Å². The molecule has 27 heavy (non-hydrogen) atoms. The molecule has 6 heteroatoms. The lowest BCUT2D eigenvalue weighted by Gasteiger charge is -2.38. The van der Waals surface area contributed by atoms with Gasteiger partial charge in [-0.1, -0.05) is 46.3 Å². The van der Waals surface area contributed by atoms with Crippen molar-refractivity contribution in [2.75, 3.05) is 0 Å². The Morgan fingerprint density at radius 1 is 1.00 bits per heavy atom. The minimum Gasteiger partial charge on any atom is -0.463 e. The van der Waals surface area contributed by atoms with Crippen molar-refractivity contribution in [2.45, 2.75) is 18.7 Å². The van der Waals surface area contributed by atoms with Crippen molar-refractivity contribution >= 4 is 37.6 Å². The van der Waals surface area contributed by atoms with E-state index in [4.69, 9.17) is 9.84 Å². The number of ether oxygens (including phenoxy) is 1. The molecule has 134 valence electrons. The SMILES string of the molecule is Brc1cc(Br)c2c(c1)[C@H]1CC(c3ccccc3)=NN1[C@H](c1ccncc1)O2. The van der Waals surface area contributed by atoms with Crippen molar-refractivity contribution in [3.63, 3.8) is 0 Å². The summed E-state index contributed by atoms with van der Waals surface area (Å²) >= 11 is 7.28. The number of fused-ring (bicyclic) bond motifs is 3. The van der Waals surface area contributed by atoms with Gasteiger partial charge in [0.2, 0.25) is 6.23 Å². The van der Waals surface area contributed by atoms with E-state index in [-0.39, 0.29) is 12.3 Å². The molecule has 0 fully saturated rings. The highest BCUT2D eigenvalue weighted by atomic mass is 79.9. The smallest absolute Gasteiger partial charge is 0.214 e. The van der Waals surface area contributed by atoms with Crippen LogP contribution in [0.15, 0.2) is 81.0 Å². The number of aromatic nitrogens is 1. The molecule has 0 unspecified atom stereocenters. The maximum absolute atomic E-state index is 6.43. The highest BCUT2D eigenvalue weighted by Crippen LogP contribution is 2.50. The summed E-state index contributed by atoms with van der Waals surface area (Å²) in [5.41, 5.74) is 4.40. The summed E-state index contributed by atoms with van der Waals surface area (Å²) in [7, 11) is 0. The lowest BCUT2D eigenvalue weighted by molar-refractivity contribution is -0.0197. The topological polar surface area (TPSA) is 37.7 Å². The predicted octanol–water partition coefficient (Wildman–Crippen LogP) is 5.85. The summed E-state index contributed by atoms with van der Waals surface area (Å²) in [4.78, 5) is 4.14. The molecular weight excluding hydrogens is 470 g/mol. The van der Waals surface area contributed by atoms with E-state index in [0.717, 1.165) is 43.5 Å². The molecule has 0 amide bonds. The molecule has 3 heterocycles. The van der Waals surface area contributed by atoms with Crippen molar-refractivity contribution < 1.29 is 4.74 Å². The molecule has 3 aromatic rings. The maximum Gasteiger partial charge on any atom is 0.214 e. The Morgan fingerprint density at radius 3 is 2.56 bits per heavy atom. The third-order valence-electron chi connectivity index (χ3n) is 4.91. The molecule has 2 aliphatic heterocycles. The molecule has 0 radical (unpaired) electrons. The molecule has 0 spiro atoms. The van der Waals surface area contributed by atoms with Gasteiger partial charge in [-0.3, -0.25) is 4.98 Å². The van der Waals surface area contributed by atoms with Gasteiger partial charge in [0.1, 0.15) is 5.75 Å². The minimum atomic E-state index is -0.288. The van der Waals surface area contributed by atoms with E-state index in [1.54, 1.807) is 12.4 Å². The number of hydrogen-bond donors (Lipinski definition) is 0. The van der Waals surface area contributed by atoms with Gasteiger partial charge in [-0.2, -0.15) is 5.10 Å². The number of nitrogens with zero attached hydrogens (tertiary/aromatic N) is 3. The first kappa shape index (κ1) is 17.0. The number of hydrazone groups is 1. The zero-order valence-electron chi connectivity index (χ0n) is 14.2. The van der Waals surface area contributed by atoms with Gasteiger partial charge in [0, 0.05) is 34.4 Å². The van der Waals surface area contributed by atoms with Crippen LogP contribution < -0.4 is 4.74 Å². The van der Waals surface area contributed by atoms with Crippen LogP contribution in [0, 0.1) is 0 Å². The zero-order chi connectivity index (χ0) is 18.4. The Labute approximate surface area is 174 Å². The molecular formula is C21H15Br2N3O. The van der Waals surface area contributed by atoms with Crippen LogP contribution in [0.2, 0.25) is 0 Å². The number of rotatable bonds is 2. The second-order valence-corrected chi connectivity index (χ2v) is 8.34. The standard InChI is InChI=1S/C21H15Br2N3O/c22-15-10-16-19-12-18(13-4-2-1-3-5-13)25-26(19)21(14-6-8-24-9-7-14)27-20(16)17(23)11-15/h1-11,19,21H,12H2/t19-,21+/m1/s1. The van der Waals surface area contributed by atoms with E-state index < -0.39 is 0 Å². The third kappa shape index (κ3) is 2.97. The molecule has 0 N–H and O–H groups in total. The average Bonchev–Trinajstić information content (AvgIpc) is 3.15. The van der Waals surface area contributed by atoms with Crippen molar-refractivity contribution in [1.29, 1.82) is 0 Å². The zero-order valence-corrected chi connectivity index (χ0v) is 17.4. The van der Waals surface area contributed by atoms with Gasteiger partial charge in [0.15, 0.2) is 0 Å². The van der Waals surface area contributed by atoms with Gasteiger partial charge >= 0.3 is 0 Å². The first-order chi connectivity index (χ1) is 13.2. The maximum atomic E-state index is 6.43. The van der Waals surface area contributed by atoms with Crippen molar-refractivity contribution in [3.8, 4) is 5.75 Å². The van der Waals surface area contributed by atoms with E-state index in [1.165, 1.54) is 0 Å². The molecule has 2 atom stereocenters. The van der Waals surface area contributed by atoms with E-state index in [0.29, 0.717) is 0 Å². The lowest BCUT2D eigenvalue weighted by Crippen LogP contribution is -2.33. The molecule has 2 aliphatic rings. The van der Waals surface area contributed by atoms with Gasteiger partial charge in [0.05, 0.1) is 16.2 Å². The molecule has 0 aliphatic carbocycles. The van der Waals surface area contributed by atoms with Gasteiger partial charge in [-0.05, 0) is 45.8 Å². The van der Waals surface area contributed by atoms with Crippen LogP contribution in [0.3, 0.4) is 0 Å². The highest BCUT2D eigenvalue weighted by Gasteiger charge is 2.41. The second kappa shape index (κ2) is 6.77. The fourth-order valence-electron chi connectivity index (χ4n) is 3.67. The molecule has 1 aromatic heterocycles. The van der Waals surface area contributed by atoms with Crippen molar-refractivity contribution in [1.82, 2.24) is 9.99 Å². The predicted molar refractivity (Wildman–Crippen MR) is 112 cm³/mol. The van der Waals surface area contributed by atoms with Crippen LogP contribution in [0.1, 0.15) is 35.4 Å². The second-order valence-electron chi connectivity index (χ2n) is 6.57. The van der Waals surface area contributed by atoms with Crippen LogP contribution in [0.5, 0.6) is 5.75 Å². The summed E-state index contributed by atoms with van der Waals surface area (Å²) in [6.45, 7) is 0. The Kier molecular flexibility index (Phi) is 4.25. The summed E-state index contributed by atoms with van der Waals surface area (Å²) in [5, 5.41) is 7.05. The summed E-state index contributed by atoms with van der Waals surface area (Å²) in [6.07, 6.45) is 4.13. The van der Waals surface area contributed by atoms with E-state index >= 15 is 0 Å². The van der Waals surface area contributed by atoms with E-state index in [9.17, 15) is 0 Å². The van der Waals surface area contributed by atoms with Gasteiger partial charge in [-0.15, -0.1) is 0 Å². The average molecular weight is 485 g/mol. The van der Waals surface area contributed by atoms with Crippen LogP contribution in [-0.2, 0) is 0 Å². The largest absolute Gasteiger partial charge is 0.463 e. The van der Waals surface area contributed by atoms with Crippen LogP contribution in [0.4, 0.5) is 0 Å². The quantitative estimate of drug-likeness (QED) is 0.458. The molecule has 2 aromatic carbocycles. The number of halogens is 2. The molecule has 5 rings (SSSR count).